The van der Waals surface area contributed by atoms with Gasteiger partial charge in [-0.25, -0.2) is 4.98 Å². The highest BCUT2D eigenvalue weighted by atomic mass is 32.2. The quantitative estimate of drug-likeness (QED) is 0.650. The van der Waals surface area contributed by atoms with Gasteiger partial charge in [-0.3, -0.25) is 4.79 Å². The van der Waals surface area contributed by atoms with Gasteiger partial charge in [-0.15, -0.1) is 10.2 Å². The van der Waals surface area contributed by atoms with Gasteiger partial charge in [0.2, 0.25) is 5.91 Å². The van der Waals surface area contributed by atoms with Gasteiger partial charge in [0.1, 0.15) is 11.0 Å². The van der Waals surface area contributed by atoms with Crippen LogP contribution in [-0.2, 0) is 4.79 Å². The fraction of sp³-hybridized carbons (Fsp3) is 0.412. The number of amides is 1. The minimum absolute atomic E-state index is 0.140. The lowest BCUT2D eigenvalue weighted by Crippen LogP contribution is -2.42. The molecule has 0 bridgehead atoms. The molecule has 1 aliphatic rings. The molecule has 3 heterocycles. The first-order valence-electron chi connectivity index (χ1n) is 8.28. The lowest BCUT2D eigenvalue weighted by Gasteiger charge is -2.32. The van der Waals surface area contributed by atoms with Crippen LogP contribution in [0.15, 0.2) is 38.5 Å². The van der Waals surface area contributed by atoms with Gasteiger partial charge >= 0.3 is 0 Å². The SMILES string of the molecule is C[C@@H](Sc1nncs1)C(=O)N1CCC[C@H](c2nc3ccccc3o2)C1. The third-order valence-electron chi connectivity index (χ3n) is 4.36. The number of oxazole rings is 1. The van der Waals surface area contributed by atoms with Crippen LogP contribution in [-0.4, -0.2) is 44.3 Å². The van der Waals surface area contributed by atoms with Crippen molar-refractivity contribution in [3.05, 3.63) is 35.7 Å². The summed E-state index contributed by atoms with van der Waals surface area (Å²) in [5.74, 6) is 1.04. The summed E-state index contributed by atoms with van der Waals surface area (Å²) in [5.41, 5.74) is 3.37. The Kier molecular flexibility index (Phi) is 4.72. The number of piperidine rings is 1. The minimum Gasteiger partial charge on any atom is -0.440 e. The predicted octanol–water partition coefficient (Wildman–Crippen LogP) is 3.57. The average Bonchev–Trinajstić information content (AvgIpc) is 3.30. The molecular formula is C17H18N4O2S2. The Morgan fingerprint density at radius 2 is 2.32 bits per heavy atom. The van der Waals surface area contributed by atoms with Gasteiger partial charge in [-0.2, -0.15) is 0 Å². The number of nitrogens with zero attached hydrogens (tertiary/aromatic N) is 4. The molecule has 0 aliphatic carbocycles. The van der Waals surface area contributed by atoms with Crippen molar-refractivity contribution in [2.75, 3.05) is 13.1 Å². The van der Waals surface area contributed by atoms with E-state index in [1.54, 1.807) is 5.51 Å². The van der Waals surface area contributed by atoms with E-state index in [0.717, 1.165) is 40.7 Å². The van der Waals surface area contributed by atoms with Gasteiger partial charge in [0.15, 0.2) is 15.8 Å². The van der Waals surface area contributed by atoms with Crippen LogP contribution in [0.25, 0.3) is 11.1 Å². The van der Waals surface area contributed by atoms with E-state index < -0.39 is 0 Å². The van der Waals surface area contributed by atoms with Crippen LogP contribution in [0.5, 0.6) is 0 Å². The van der Waals surface area contributed by atoms with Crippen LogP contribution in [0.4, 0.5) is 0 Å². The van der Waals surface area contributed by atoms with Gasteiger partial charge < -0.3 is 9.32 Å². The molecule has 1 aromatic carbocycles. The first kappa shape index (κ1) is 16.5. The summed E-state index contributed by atoms with van der Waals surface area (Å²) in [4.78, 5) is 19.3. The Balaban J connectivity index is 1.45. The zero-order chi connectivity index (χ0) is 17.2. The summed E-state index contributed by atoms with van der Waals surface area (Å²) in [6.07, 6.45) is 1.96. The number of benzene rings is 1. The number of hydrogen-bond donors (Lipinski definition) is 0. The number of fused-ring (bicyclic) bond motifs is 1. The standard InChI is InChI=1S/C17H18N4O2S2/c1-11(25-17-20-18-10-24-17)16(22)21-8-4-5-12(9-21)15-19-13-6-2-3-7-14(13)23-15/h2-3,6-7,10-12H,4-5,8-9H2,1H3/t11-,12+/m1/s1. The van der Waals surface area contributed by atoms with Crippen molar-refractivity contribution in [1.29, 1.82) is 0 Å². The van der Waals surface area contributed by atoms with Crippen molar-refractivity contribution in [3.8, 4) is 0 Å². The van der Waals surface area contributed by atoms with E-state index >= 15 is 0 Å². The smallest absolute Gasteiger partial charge is 0.235 e. The van der Waals surface area contributed by atoms with Crippen molar-refractivity contribution in [2.24, 2.45) is 0 Å². The number of carbonyl (C=O) groups excluding carboxylic acids is 1. The lowest BCUT2D eigenvalue weighted by atomic mass is 9.98. The summed E-state index contributed by atoms with van der Waals surface area (Å²) >= 11 is 2.93. The number of likely N-dealkylation sites (tertiary alicyclic amines) is 1. The second kappa shape index (κ2) is 7.13. The van der Waals surface area contributed by atoms with Crippen LogP contribution in [0.1, 0.15) is 31.6 Å². The number of thioether (sulfide) groups is 1. The van der Waals surface area contributed by atoms with Gasteiger partial charge in [0.25, 0.3) is 0 Å². The molecule has 0 radical (unpaired) electrons. The fourth-order valence-corrected chi connectivity index (χ4v) is 4.83. The van der Waals surface area contributed by atoms with E-state index in [0.29, 0.717) is 6.54 Å². The first-order valence-corrected chi connectivity index (χ1v) is 10.0. The van der Waals surface area contributed by atoms with Crippen LogP contribution in [0.2, 0.25) is 0 Å². The van der Waals surface area contributed by atoms with E-state index in [9.17, 15) is 4.79 Å². The molecule has 0 unspecified atom stereocenters. The highest BCUT2D eigenvalue weighted by Crippen LogP contribution is 2.31. The largest absolute Gasteiger partial charge is 0.440 e. The number of para-hydroxylation sites is 2. The molecule has 4 rings (SSSR count). The van der Waals surface area contributed by atoms with E-state index in [4.69, 9.17) is 4.42 Å². The number of aromatic nitrogens is 3. The second-order valence-corrected chi connectivity index (χ2v) is 8.53. The first-order chi connectivity index (χ1) is 12.2. The third kappa shape index (κ3) is 3.55. The van der Waals surface area contributed by atoms with Gasteiger partial charge in [0, 0.05) is 13.1 Å². The van der Waals surface area contributed by atoms with Crippen molar-refractivity contribution in [1.82, 2.24) is 20.1 Å². The number of hydrogen-bond acceptors (Lipinski definition) is 7. The maximum Gasteiger partial charge on any atom is 0.235 e. The molecule has 6 nitrogen and oxygen atoms in total. The number of rotatable bonds is 4. The van der Waals surface area contributed by atoms with Crippen molar-refractivity contribution >= 4 is 40.1 Å². The topological polar surface area (TPSA) is 72.1 Å². The second-order valence-electron chi connectivity index (χ2n) is 6.11. The zero-order valence-corrected chi connectivity index (χ0v) is 15.4. The van der Waals surface area contributed by atoms with Crippen LogP contribution < -0.4 is 0 Å². The van der Waals surface area contributed by atoms with Gasteiger partial charge in [0.05, 0.1) is 11.2 Å². The molecule has 0 N–H and O–H groups in total. The molecule has 0 spiro atoms. The molecule has 130 valence electrons. The van der Waals surface area contributed by atoms with E-state index in [-0.39, 0.29) is 17.1 Å². The highest BCUT2D eigenvalue weighted by Gasteiger charge is 2.30. The number of carbonyl (C=O) groups is 1. The molecule has 2 aromatic heterocycles. The zero-order valence-electron chi connectivity index (χ0n) is 13.8. The fourth-order valence-electron chi connectivity index (χ4n) is 3.12. The Morgan fingerprint density at radius 3 is 3.12 bits per heavy atom. The summed E-state index contributed by atoms with van der Waals surface area (Å²) in [5, 5.41) is 7.66. The summed E-state index contributed by atoms with van der Waals surface area (Å²) in [7, 11) is 0. The lowest BCUT2D eigenvalue weighted by molar-refractivity contribution is -0.131. The van der Waals surface area contributed by atoms with E-state index in [1.807, 2.05) is 36.1 Å². The summed E-state index contributed by atoms with van der Waals surface area (Å²) < 4.78 is 6.74. The predicted molar refractivity (Wildman–Crippen MR) is 97.8 cm³/mol. The van der Waals surface area contributed by atoms with Crippen molar-refractivity contribution in [2.45, 2.75) is 35.3 Å². The summed E-state index contributed by atoms with van der Waals surface area (Å²) in [6, 6.07) is 7.78. The Bertz CT molecular complexity index is 832. The van der Waals surface area contributed by atoms with E-state index in [2.05, 4.69) is 15.2 Å². The maximum atomic E-state index is 12.8. The third-order valence-corrected chi connectivity index (χ3v) is 6.26. The Labute approximate surface area is 153 Å². The van der Waals surface area contributed by atoms with E-state index in [1.165, 1.54) is 23.1 Å². The molecule has 25 heavy (non-hydrogen) atoms. The molecule has 2 atom stereocenters. The molecule has 1 amide bonds. The summed E-state index contributed by atoms with van der Waals surface area (Å²) in [6.45, 7) is 3.38. The Hall–Kier alpha value is -1.93. The van der Waals surface area contributed by atoms with Crippen LogP contribution in [0, 0.1) is 0 Å². The Morgan fingerprint density at radius 1 is 1.44 bits per heavy atom. The van der Waals surface area contributed by atoms with Crippen LogP contribution >= 0.6 is 23.1 Å². The van der Waals surface area contributed by atoms with Crippen LogP contribution in [0.3, 0.4) is 0 Å². The van der Waals surface area contributed by atoms with Crippen molar-refractivity contribution in [3.63, 3.8) is 0 Å². The molecule has 1 aliphatic heterocycles. The molecule has 8 heteroatoms. The molecule has 1 saturated heterocycles. The van der Waals surface area contributed by atoms with Crippen molar-refractivity contribution < 1.29 is 9.21 Å². The molecule has 3 aromatic rings. The van der Waals surface area contributed by atoms with Gasteiger partial charge in [-0.05, 0) is 31.9 Å². The van der Waals surface area contributed by atoms with Gasteiger partial charge in [-0.1, -0.05) is 35.2 Å². The normalized spacial score (nSPS) is 19.2. The molecule has 0 saturated carbocycles. The maximum absolute atomic E-state index is 12.8. The molecule has 1 fully saturated rings. The average molecular weight is 374 g/mol. The monoisotopic (exact) mass is 374 g/mol. The molecular weight excluding hydrogens is 356 g/mol. The highest BCUT2D eigenvalue weighted by molar-refractivity contribution is 8.02. The minimum atomic E-state index is -0.171.